The van der Waals surface area contributed by atoms with E-state index in [1.54, 1.807) is 6.07 Å². The van der Waals surface area contributed by atoms with Crippen LogP contribution in [0.3, 0.4) is 0 Å². The number of nitrogen functional groups attached to an aromatic ring is 1. The number of benzene rings is 1. The summed E-state index contributed by atoms with van der Waals surface area (Å²) in [6.45, 7) is 2.78. The van der Waals surface area contributed by atoms with Gasteiger partial charge >= 0.3 is 0 Å². The lowest BCUT2D eigenvalue weighted by atomic mass is 9.96. The van der Waals surface area contributed by atoms with E-state index in [0.717, 1.165) is 32.5 Å². The van der Waals surface area contributed by atoms with E-state index in [2.05, 4.69) is 19.0 Å². The summed E-state index contributed by atoms with van der Waals surface area (Å²) in [6.07, 6.45) is 2.16. The second-order valence-electron chi connectivity index (χ2n) is 5.59. The predicted molar refractivity (Wildman–Crippen MR) is 92.5 cm³/mol. The Morgan fingerprint density at radius 2 is 1.81 bits per heavy atom. The highest BCUT2D eigenvalue weighted by Crippen LogP contribution is 2.21. The number of hydrogen-bond acceptors (Lipinski definition) is 3. The van der Waals surface area contributed by atoms with Gasteiger partial charge < -0.3 is 15.5 Å². The number of likely N-dealkylation sites (tertiary alicyclic amines) is 1. The molecule has 1 aromatic rings. The van der Waals surface area contributed by atoms with Crippen molar-refractivity contribution in [2.24, 2.45) is 5.92 Å². The molecule has 120 valence electrons. The summed E-state index contributed by atoms with van der Waals surface area (Å²) in [5.41, 5.74) is 7.07. The molecule has 1 aliphatic heterocycles. The number of piperidine rings is 1. The summed E-state index contributed by atoms with van der Waals surface area (Å²) >= 11 is 0. The molecule has 0 bridgehead atoms. The third kappa shape index (κ3) is 5.38. The van der Waals surface area contributed by atoms with Crippen molar-refractivity contribution in [1.82, 2.24) is 9.80 Å². The molecule has 1 heterocycles. The molecule has 21 heavy (non-hydrogen) atoms. The molecule has 1 saturated heterocycles. The monoisotopic (exact) mass is 333 g/mol. The highest BCUT2D eigenvalue weighted by molar-refractivity contribution is 5.99. The molecular formula is C15H25Cl2N3O. The Morgan fingerprint density at radius 1 is 1.24 bits per heavy atom. The van der Waals surface area contributed by atoms with E-state index < -0.39 is 0 Å². The topological polar surface area (TPSA) is 49.6 Å². The molecule has 0 atom stereocenters. The molecule has 2 N–H and O–H groups in total. The maximum atomic E-state index is 12.4. The van der Waals surface area contributed by atoms with Crippen molar-refractivity contribution in [1.29, 1.82) is 0 Å². The molecule has 2 rings (SSSR count). The summed E-state index contributed by atoms with van der Waals surface area (Å²) in [6, 6.07) is 7.31. The average Bonchev–Trinajstić information content (AvgIpc) is 2.39. The fourth-order valence-corrected chi connectivity index (χ4v) is 2.70. The van der Waals surface area contributed by atoms with Crippen molar-refractivity contribution in [2.75, 3.05) is 39.5 Å². The van der Waals surface area contributed by atoms with Crippen LogP contribution in [0.15, 0.2) is 24.3 Å². The summed E-state index contributed by atoms with van der Waals surface area (Å²) in [5, 5.41) is 0. The van der Waals surface area contributed by atoms with Gasteiger partial charge in [-0.2, -0.15) is 0 Å². The number of anilines is 1. The van der Waals surface area contributed by atoms with Gasteiger partial charge in [0.15, 0.2) is 0 Å². The first-order valence-electron chi connectivity index (χ1n) is 6.86. The molecule has 1 aromatic carbocycles. The fraction of sp³-hybridized carbons (Fsp3) is 0.533. The molecular weight excluding hydrogens is 309 g/mol. The second kappa shape index (κ2) is 9.13. The van der Waals surface area contributed by atoms with E-state index in [0.29, 0.717) is 17.2 Å². The van der Waals surface area contributed by atoms with Crippen LogP contribution >= 0.6 is 24.8 Å². The van der Waals surface area contributed by atoms with Crippen LogP contribution in [-0.4, -0.2) is 49.4 Å². The van der Waals surface area contributed by atoms with Gasteiger partial charge in [-0.3, -0.25) is 4.79 Å². The Labute approximate surface area is 139 Å². The first kappa shape index (κ1) is 20.0. The number of hydrogen-bond donors (Lipinski definition) is 1. The Morgan fingerprint density at radius 3 is 2.33 bits per heavy atom. The highest BCUT2D eigenvalue weighted by Gasteiger charge is 2.24. The van der Waals surface area contributed by atoms with E-state index in [4.69, 9.17) is 5.73 Å². The van der Waals surface area contributed by atoms with Gasteiger partial charge in [-0.15, -0.1) is 24.8 Å². The summed E-state index contributed by atoms with van der Waals surface area (Å²) in [4.78, 5) is 16.5. The number of carbonyl (C=O) groups excluding carboxylic acids is 1. The van der Waals surface area contributed by atoms with Gasteiger partial charge in [-0.25, -0.2) is 0 Å². The van der Waals surface area contributed by atoms with Crippen molar-refractivity contribution in [3.63, 3.8) is 0 Å². The van der Waals surface area contributed by atoms with Crippen LogP contribution < -0.4 is 5.73 Å². The standard InChI is InChI=1S/C15H23N3O.2ClH/c1-17(2)11-12-7-9-18(10-8-12)15(19)13-5-3-4-6-14(13)16;;/h3-6,12H,7-11,16H2,1-2H3;2*1H. The molecule has 0 unspecified atom stereocenters. The number of amides is 1. The maximum Gasteiger partial charge on any atom is 0.255 e. The van der Waals surface area contributed by atoms with Gasteiger partial charge in [0.05, 0.1) is 5.56 Å². The van der Waals surface area contributed by atoms with Crippen molar-refractivity contribution >= 4 is 36.4 Å². The second-order valence-corrected chi connectivity index (χ2v) is 5.59. The zero-order valence-corrected chi connectivity index (χ0v) is 14.3. The Kier molecular flexibility index (Phi) is 8.71. The number of para-hydroxylation sites is 1. The van der Waals surface area contributed by atoms with Crippen LogP contribution in [0.2, 0.25) is 0 Å². The van der Waals surface area contributed by atoms with Crippen molar-refractivity contribution in [3.05, 3.63) is 29.8 Å². The first-order chi connectivity index (χ1) is 9.08. The molecule has 0 aliphatic carbocycles. The number of carbonyl (C=O) groups is 1. The van der Waals surface area contributed by atoms with E-state index in [1.807, 2.05) is 23.1 Å². The van der Waals surface area contributed by atoms with E-state index >= 15 is 0 Å². The van der Waals surface area contributed by atoms with Crippen molar-refractivity contribution in [2.45, 2.75) is 12.8 Å². The minimum absolute atomic E-state index is 0. The molecule has 6 heteroatoms. The van der Waals surface area contributed by atoms with Crippen molar-refractivity contribution in [3.8, 4) is 0 Å². The van der Waals surface area contributed by atoms with Gasteiger partial charge in [-0.1, -0.05) is 12.1 Å². The highest BCUT2D eigenvalue weighted by atomic mass is 35.5. The van der Waals surface area contributed by atoms with E-state index in [1.165, 1.54) is 0 Å². The zero-order chi connectivity index (χ0) is 13.8. The molecule has 1 amide bonds. The van der Waals surface area contributed by atoms with Gasteiger partial charge in [0.1, 0.15) is 0 Å². The first-order valence-corrected chi connectivity index (χ1v) is 6.86. The third-order valence-electron chi connectivity index (χ3n) is 3.72. The van der Waals surface area contributed by atoms with Gasteiger partial charge in [0.25, 0.3) is 5.91 Å². The molecule has 1 aliphatic rings. The quantitative estimate of drug-likeness (QED) is 0.864. The fourth-order valence-electron chi connectivity index (χ4n) is 2.70. The summed E-state index contributed by atoms with van der Waals surface area (Å²) in [7, 11) is 4.20. The Bertz CT molecular complexity index is 446. The maximum absolute atomic E-state index is 12.4. The van der Waals surface area contributed by atoms with Crippen LogP contribution in [0.1, 0.15) is 23.2 Å². The number of nitrogens with zero attached hydrogens (tertiary/aromatic N) is 2. The van der Waals surface area contributed by atoms with E-state index in [9.17, 15) is 4.79 Å². The smallest absolute Gasteiger partial charge is 0.255 e. The number of halogens is 2. The minimum atomic E-state index is 0. The van der Waals surface area contributed by atoms with Crippen LogP contribution in [0, 0.1) is 5.92 Å². The lowest BCUT2D eigenvalue weighted by Gasteiger charge is -2.33. The molecule has 0 spiro atoms. The number of nitrogens with two attached hydrogens (primary N) is 1. The van der Waals surface area contributed by atoms with Crippen molar-refractivity contribution < 1.29 is 4.79 Å². The molecule has 0 aromatic heterocycles. The van der Waals surface area contributed by atoms with Gasteiger partial charge in [0.2, 0.25) is 0 Å². The third-order valence-corrected chi connectivity index (χ3v) is 3.72. The lowest BCUT2D eigenvalue weighted by molar-refractivity contribution is 0.0679. The number of rotatable bonds is 3. The molecule has 1 fully saturated rings. The molecule has 0 saturated carbocycles. The Balaban J connectivity index is 0.00000200. The molecule has 0 radical (unpaired) electrons. The largest absolute Gasteiger partial charge is 0.398 e. The summed E-state index contributed by atoms with van der Waals surface area (Å²) in [5.74, 6) is 0.772. The van der Waals surface area contributed by atoms with Gasteiger partial charge in [0, 0.05) is 25.3 Å². The van der Waals surface area contributed by atoms with Crippen LogP contribution in [-0.2, 0) is 0 Å². The lowest BCUT2D eigenvalue weighted by Crippen LogP contribution is -2.40. The average molecular weight is 334 g/mol. The SMILES string of the molecule is CN(C)CC1CCN(C(=O)c2ccccc2N)CC1.Cl.Cl. The minimum Gasteiger partial charge on any atom is -0.398 e. The molecule has 4 nitrogen and oxygen atoms in total. The van der Waals surface area contributed by atoms with Crippen LogP contribution in [0.5, 0.6) is 0 Å². The normalized spacial score (nSPS) is 15.3. The predicted octanol–water partition coefficient (Wildman–Crippen LogP) is 2.53. The summed E-state index contributed by atoms with van der Waals surface area (Å²) < 4.78 is 0. The van der Waals surface area contributed by atoms with E-state index in [-0.39, 0.29) is 30.7 Å². The Hall–Kier alpha value is -0.970. The van der Waals surface area contributed by atoms with Gasteiger partial charge in [-0.05, 0) is 45.0 Å². The zero-order valence-electron chi connectivity index (χ0n) is 12.6. The van der Waals surface area contributed by atoms with Crippen LogP contribution in [0.4, 0.5) is 5.69 Å². The van der Waals surface area contributed by atoms with Crippen LogP contribution in [0.25, 0.3) is 0 Å².